The van der Waals surface area contributed by atoms with Gasteiger partial charge in [0.05, 0.1) is 25.7 Å². The van der Waals surface area contributed by atoms with Gasteiger partial charge in [0.2, 0.25) is 0 Å². The van der Waals surface area contributed by atoms with E-state index in [1.807, 2.05) is 30.3 Å². The molecule has 4 aromatic rings. The Hall–Kier alpha value is -1.86. The standard InChI is InChI=1S/C20H12BrCl2FN2OS/c21-14-9-13(5-8-18(14)27-12-3-1-11(24)2-4-12)28-26-17-7-6-15(22)19-16(23)10-25-20(17)19/h1-10,25-26H. The predicted molar refractivity (Wildman–Crippen MR) is 118 cm³/mol. The Kier molecular flexibility index (Phi) is 5.73. The van der Waals surface area contributed by atoms with Gasteiger partial charge < -0.3 is 14.4 Å². The van der Waals surface area contributed by atoms with E-state index in [0.717, 1.165) is 26.0 Å². The molecule has 0 saturated heterocycles. The summed E-state index contributed by atoms with van der Waals surface area (Å²) in [4.78, 5) is 4.11. The molecule has 8 heteroatoms. The predicted octanol–water partition coefficient (Wildman–Crippen LogP) is 8.29. The first-order chi connectivity index (χ1) is 13.5. The quantitative estimate of drug-likeness (QED) is 0.272. The highest BCUT2D eigenvalue weighted by Crippen LogP contribution is 2.37. The molecule has 3 nitrogen and oxygen atoms in total. The topological polar surface area (TPSA) is 37.0 Å². The van der Waals surface area contributed by atoms with E-state index in [0.29, 0.717) is 21.5 Å². The largest absolute Gasteiger partial charge is 0.456 e. The summed E-state index contributed by atoms with van der Waals surface area (Å²) in [6.45, 7) is 0. The van der Waals surface area contributed by atoms with Gasteiger partial charge in [0, 0.05) is 16.5 Å². The summed E-state index contributed by atoms with van der Waals surface area (Å²) in [5.41, 5.74) is 1.72. The van der Waals surface area contributed by atoms with Crippen molar-refractivity contribution in [2.45, 2.75) is 4.90 Å². The van der Waals surface area contributed by atoms with Crippen LogP contribution in [0.25, 0.3) is 10.9 Å². The molecule has 142 valence electrons. The molecule has 0 fully saturated rings. The van der Waals surface area contributed by atoms with Gasteiger partial charge in [-0.2, -0.15) is 0 Å². The van der Waals surface area contributed by atoms with Crippen molar-refractivity contribution in [3.8, 4) is 11.5 Å². The third kappa shape index (κ3) is 4.10. The molecule has 2 N–H and O–H groups in total. The fourth-order valence-electron chi connectivity index (χ4n) is 2.62. The number of H-pyrrole nitrogens is 1. The van der Waals surface area contributed by atoms with Gasteiger partial charge in [0.15, 0.2) is 0 Å². The number of ether oxygens (including phenoxy) is 1. The Morgan fingerprint density at radius 2 is 1.79 bits per heavy atom. The lowest BCUT2D eigenvalue weighted by Gasteiger charge is -2.11. The summed E-state index contributed by atoms with van der Waals surface area (Å²) < 4.78 is 22.9. The van der Waals surface area contributed by atoms with E-state index in [1.54, 1.807) is 18.3 Å². The van der Waals surface area contributed by atoms with Crippen molar-refractivity contribution in [3.63, 3.8) is 0 Å². The first-order valence-corrected chi connectivity index (χ1v) is 10.5. The van der Waals surface area contributed by atoms with Crippen LogP contribution in [0.15, 0.2) is 70.2 Å². The van der Waals surface area contributed by atoms with Gasteiger partial charge in [-0.3, -0.25) is 0 Å². The van der Waals surface area contributed by atoms with Gasteiger partial charge in [-0.1, -0.05) is 23.2 Å². The molecule has 0 bridgehead atoms. The van der Waals surface area contributed by atoms with Crippen molar-refractivity contribution < 1.29 is 9.13 Å². The fraction of sp³-hybridized carbons (Fsp3) is 0. The number of hydrogen-bond acceptors (Lipinski definition) is 3. The van der Waals surface area contributed by atoms with Crippen molar-refractivity contribution in [1.29, 1.82) is 0 Å². The molecule has 0 radical (unpaired) electrons. The summed E-state index contributed by atoms with van der Waals surface area (Å²) >= 11 is 17.4. The molecule has 1 aromatic heterocycles. The first-order valence-electron chi connectivity index (χ1n) is 8.12. The monoisotopic (exact) mass is 496 g/mol. The Balaban J connectivity index is 1.50. The van der Waals surface area contributed by atoms with E-state index in [4.69, 9.17) is 27.9 Å². The lowest BCUT2D eigenvalue weighted by atomic mass is 10.2. The highest BCUT2D eigenvalue weighted by molar-refractivity contribution is 9.10. The number of anilines is 1. The maximum absolute atomic E-state index is 13.0. The van der Waals surface area contributed by atoms with Crippen LogP contribution in [-0.4, -0.2) is 4.98 Å². The highest BCUT2D eigenvalue weighted by Gasteiger charge is 2.11. The van der Waals surface area contributed by atoms with E-state index >= 15 is 0 Å². The minimum atomic E-state index is -0.302. The van der Waals surface area contributed by atoms with Crippen LogP contribution >= 0.6 is 51.1 Å². The third-order valence-corrected chi connectivity index (χ3v) is 6.00. The number of rotatable bonds is 5. The van der Waals surface area contributed by atoms with E-state index in [9.17, 15) is 4.39 Å². The number of hydrogen-bond donors (Lipinski definition) is 2. The van der Waals surface area contributed by atoms with Crippen molar-refractivity contribution in [3.05, 3.63) is 81.1 Å². The van der Waals surface area contributed by atoms with Crippen molar-refractivity contribution in [1.82, 2.24) is 4.98 Å². The van der Waals surface area contributed by atoms with Crippen LogP contribution < -0.4 is 9.46 Å². The summed E-state index contributed by atoms with van der Waals surface area (Å²) in [7, 11) is 0. The minimum absolute atomic E-state index is 0.302. The third-order valence-electron chi connectivity index (χ3n) is 3.96. The molecule has 0 spiro atoms. The van der Waals surface area contributed by atoms with Crippen LogP contribution in [0.5, 0.6) is 11.5 Å². The number of nitrogens with one attached hydrogen (secondary N) is 2. The number of fused-ring (bicyclic) bond motifs is 1. The van der Waals surface area contributed by atoms with Crippen LogP contribution in [0.4, 0.5) is 10.1 Å². The Morgan fingerprint density at radius 1 is 1.00 bits per heavy atom. The number of benzene rings is 3. The molecule has 28 heavy (non-hydrogen) atoms. The molecule has 0 saturated carbocycles. The second kappa shape index (κ2) is 8.25. The van der Waals surface area contributed by atoms with E-state index < -0.39 is 0 Å². The zero-order valence-electron chi connectivity index (χ0n) is 14.1. The number of aromatic amines is 1. The Labute approximate surface area is 183 Å². The number of aromatic nitrogens is 1. The smallest absolute Gasteiger partial charge is 0.141 e. The molecular weight excluding hydrogens is 486 g/mol. The minimum Gasteiger partial charge on any atom is -0.456 e. The summed E-state index contributed by atoms with van der Waals surface area (Å²) in [6.07, 6.45) is 1.71. The second-order valence-electron chi connectivity index (χ2n) is 5.83. The van der Waals surface area contributed by atoms with Crippen LogP contribution in [-0.2, 0) is 0 Å². The Bertz CT molecular complexity index is 1150. The van der Waals surface area contributed by atoms with Crippen LogP contribution in [0.1, 0.15) is 0 Å². The lowest BCUT2D eigenvalue weighted by molar-refractivity contribution is 0.477. The molecule has 0 unspecified atom stereocenters. The lowest BCUT2D eigenvalue weighted by Crippen LogP contribution is -1.90. The summed E-state index contributed by atoms with van der Waals surface area (Å²) in [6, 6.07) is 15.3. The van der Waals surface area contributed by atoms with Crippen LogP contribution in [0, 0.1) is 5.82 Å². The van der Waals surface area contributed by atoms with Gasteiger partial charge >= 0.3 is 0 Å². The molecule has 0 amide bonds. The maximum Gasteiger partial charge on any atom is 0.141 e. The second-order valence-corrected chi connectivity index (χ2v) is 8.38. The average molecular weight is 498 g/mol. The van der Waals surface area contributed by atoms with Crippen LogP contribution in [0.3, 0.4) is 0 Å². The van der Waals surface area contributed by atoms with Crippen molar-refractivity contribution >= 4 is 67.7 Å². The van der Waals surface area contributed by atoms with Crippen molar-refractivity contribution in [2.24, 2.45) is 0 Å². The van der Waals surface area contributed by atoms with Gasteiger partial charge in [0.1, 0.15) is 17.3 Å². The van der Waals surface area contributed by atoms with Crippen LogP contribution in [0.2, 0.25) is 10.0 Å². The van der Waals surface area contributed by atoms with E-state index in [1.165, 1.54) is 24.1 Å². The van der Waals surface area contributed by atoms with Gasteiger partial charge in [0.25, 0.3) is 0 Å². The SMILES string of the molecule is Fc1ccc(Oc2ccc(SNc3ccc(Cl)c4c(Cl)c[nH]c34)cc2Br)cc1. The zero-order chi connectivity index (χ0) is 19.7. The zero-order valence-corrected chi connectivity index (χ0v) is 18.0. The summed E-state index contributed by atoms with van der Waals surface area (Å²) in [5.74, 6) is 0.901. The Morgan fingerprint density at radius 3 is 2.54 bits per heavy atom. The maximum atomic E-state index is 13.0. The molecule has 0 aliphatic carbocycles. The number of halogens is 4. The van der Waals surface area contributed by atoms with Gasteiger partial charge in [-0.05, 0) is 82.5 Å². The van der Waals surface area contributed by atoms with Gasteiger partial charge in [-0.15, -0.1) is 0 Å². The normalized spacial score (nSPS) is 11.0. The molecule has 0 aliphatic rings. The van der Waals surface area contributed by atoms with E-state index in [-0.39, 0.29) is 5.82 Å². The van der Waals surface area contributed by atoms with Crippen molar-refractivity contribution in [2.75, 3.05) is 4.72 Å². The molecule has 1 heterocycles. The summed E-state index contributed by atoms with van der Waals surface area (Å²) in [5, 5.41) is 1.97. The molecule has 0 atom stereocenters. The fourth-order valence-corrected chi connectivity index (χ4v) is 4.51. The highest BCUT2D eigenvalue weighted by atomic mass is 79.9. The average Bonchev–Trinajstić information content (AvgIpc) is 3.08. The first kappa shape index (κ1) is 19.5. The molecular formula is C20H12BrCl2FN2OS. The van der Waals surface area contributed by atoms with Gasteiger partial charge in [-0.25, -0.2) is 4.39 Å². The molecule has 0 aliphatic heterocycles. The molecule has 3 aromatic carbocycles. The molecule has 4 rings (SSSR count). The van der Waals surface area contributed by atoms with E-state index in [2.05, 4.69) is 25.6 Å².